The Labute approximate surface area is 131 Å². The number of hydrogen-bond donors (Lipinski definition) is 0. The topological polar surface area (TPSA) is 26.3 Å². The molecule has 2 aromatic rings. The van der Waals surface area contributed by atoms with Gasteiger partial charge in [-0.1, -0.05) is 25.1 Å². The second-order valence-electron chi connectivity index (χ2n) is 6.74. The summed E-state index contributed by atoms with van der Waals surface area (Å²) in [7, 11) is 1.71. The Morgan fingerprint density at radius 3 is 2.86 bits per heavy atom. The minimum Gasteiger partial charge on any atom is -0.497 e. The third-order valence-corrected chi connectivity index (χ3v) is 6.08. The first-order valence-corrected chi connectivity index (χ1v) is 8.32. The van der Waals surface area contributed by atoms with Crippen molar-refractivity contribution in [2.75, 3.05) is 7.11 Å². The van der Waals surface area contributed by atoms with Gasteiger partial charge in [0, 0.05) is 11.8 Å². The Kier molecular flexibility index (Phi) is 3.04. The van der Waals surface area contributed by atoms with Crippen LogP contribution < -0.4 is 4.74 Å². The van der Waals surface area contributed by atoms with Crippen LogP contribution in [-0.4, -0.2) is 12.9 Å². The summed E-state index contributed by atoms with van der Waals surface area (Å²) in [6.45, 7) is 2.19. The molecule has 0 radical (unpaired) electrons. The second kappa shape index (κ2) is 4.84. The van der Waals surface area contributed by atoms with Crippen LogP contribution in [0.2, 0.25) is 0 Å². The van der Waals surface area contributed by atoms with Crippen molar-refractivity contribution in [3.63, 3.8) is 0 Å². The minimum absolute atomic E-state index is 0.0762. The molecule has 1 saturated carbocycles. The first-order chi connectivity index (χ1) is 10.7. The van der Waals surface area contributed by atoms with Crippen molar-refractivity contribution in [2.24, 2.45) is 5.41 Å². The Morgan fingerprint density at radius 2 is 2.09 bits per heavy atom. The Balaban J connectivity index is 1.90. The first-order valence-electron chi connectivity index (χ1n) is 8.32. The Morgan fingerprint density at radius 1 is 1.23 bits per heavy atom. The zero-order chi connectivity index (χ0) is 15.3. The molecule has 2 atom stereocenters. The lowest BCUT2D eigenvalue weighted by atomic mass is 9.63. The number of hydrogen-bond acceptors (Lipinski definition) is 2. The molecular formula is C20H22O2. The van der Waals surface area contributed by atoms with Gasteiger partial charge >= 0.3 is 0 Å². The molecule has 2 heteroatoms. The quantitative estimate of drug-likeness (QED) is 0.806. The van der Waals surface area contributed by atoms with Gasteiger partial charge in [0.2, 0.25) is 0 Å². The largest absolute Gasteiger partial charge is 0.497 e. The van der Waals surface area contributed by atoms with Gasteiger partial charge < -0.3 is 4.74 Å². The molecular weight excluding hydrogens is 272 g/mol. The summed E-state index contributed by atoms with van der Waals surface area (Å²) in [6.07, 6.45) is 4.82. The van der Waals surface area contributed by atoms with Crippen molar-refractivity contribution >= 4 is 16.6 Å². The number of methoxy groups -OCH3 is 1. The fourth-order valence-electron chi connectivity index (χ4n) is 4.85. The fourth-order valence-corrected chi connectivity index (χ4v) is 4.85. The van der Waals surface area contributed by atoms with Gasteiger partial charge in [-0.15, -0.1) is 0 Å². The van der Waals surface area contributed by atoms with E-state index in [1.807, 2.05) is 6.07 Å². The average molecular weight is 294 g/mol. The van der Waals surface area contributed by atoms with Crippen LogP contribution in [0.1, 0.15) is 49.7 Å². The summed E-state index contributed by atoms with van der Waals surface area (Å²) in [5.74, 6) is 1.84. The van der Waals surface area contributed by atoms with Crippen LogP contribution in [0.5, 0.6) is 5.75 Å². The first kappa shape index (κ1) is 13.8. The van der Waals surface area contributed by atoms with E-state index < -0.39 is 0 Å². The van der Waals surface area contributed by atoms with E-state index in [9.17, 15) is 4.79 Å². The van der Waals surface area contributed by atoms with Crippen LogP contribution in [-0.2, 0) is 11.2 Å². The van der Waals surface area contributed by atoms with Crippen molar-refractivity contribution < 1.29 is 9.53 Å². The lowest BCUT2D eigenvalue weighted by Crippen LogP contribution is -2.34. The summed E-state index contributed by atoms with van der Waals surface area (Å²) in [5.41, 5.74) is 2.81. The monoisotopic (exact) mass is 294 g/mol. The highest BCUT2D eigenvalue weighted by molar-refractivity contribution is 5.92. The number of carbonyl (C=O) groups is 1. The van der Waals surface area contributed by atoms with Crippen molar-refractivity contribution in [3.05, 3.63) is 41.5 Å². The highest BCUT2D eigenvalue weighted by Gasteiger charge is 2.51. The lowest BCUT2D eigenvalue weighted by molar-refractivity contribution is -0.127. The van der Waals surface area contributed by atoms with Crippen LogP contribution in [0.3, 0.4) is 0 Å². The molecule has 0 spiro atoms. The molecule has 2 aromatic carbocycles. The molecule has 0 bridgehead atoms. The van der Waals surface area contributed by atoms with Gasteiger partial charge in [0.05, 0.1) is 7.11 Å². The zero-order valence-corrected chi connectivity index (χ0v) is 13.3. The summed E-state index contributed by atoms with van der Waals surface area (Å²) < 4.78 is 5.34. The normalized spacial score (nSPS) is 26.8. The molecule has 0 heterocycles. The SMILES string of the molecule is CCC12CCc3c(ccc4cc(OC)ccc34)C1CCC2=O. The molecule has 0 aliphatic heterocycles. The molecule has 2 unspecified atom stereocenters. The van der Waals surface area contributed by atoms with E-state index in [2.05, 4.69) is 31.2 Å². The lowest BCUT2D eigenvalue weighted by Gasteiger charge is -2.39. The van der Waals surface area contributed by atoms with E-state index in [0.29, 0.717) is 11.7 Å². The van der Waals surface area contributed by atoms with Gasteiger partial charge in [0.15, 0.2) is 0 Å². The third kappa shape index (κ3) is 1.70. The van der Waals surface area contributed by atoms with E-state index in [4.69, 9.17) is 4.74 Å². The predicted molar refractivity (Wildman–Crippen MR) is 88.5 cm³/mol. The maximum atomic E-state index is 12.5. The molecule has 0 N–H and O–H groups in total. The molecule has 2 aliphatic rings. The minimum atomic E-state index is -0.0762. The van der Waals surface area contributed by atoms with E-state index in [0.717, 1.165) is 37.9 Å². The van der Waals surface area contributed by atoms with E-state index in [1.165, 1.54) is 21.9 Å². The van der Waals surface area contributed by atoms with Gasteiger partial charge in [0.1, 0.15) is 11.5 Å². The number of aryl methyl sites for hydroxylation is 1. The molecule has 0 aromatic heterocycles. The van der Waals surface area contributed by atoms with Crippen LogP contribution in [0.15, 0.2) is 30.3 Å². The highest BCUT2D eigenvalue weighted by Crippen LogP contribution is 2.56. The van der Waals surface area contributed by atoms with E-state index >= 15 is 0 Å². The molecule has 0 amide bonds. The third-order valence-electron chi connectivity index (χ3n) is 6.08. The summed E-state index contributed by atoms with van der Waals surface area (Å²) in [6, 6.07) is 10.8. The van der Waals surface area contributed by atoms with Crippen LogP contribution in [0.25, 0.3) is 10.8 Å². The standard InChI is InChI=1S/C20H22O2/c1-3-20-11-10-16-15-7-5-14(22-2)12-13(15)4-6-17(16)18(20)8-9-19(20)21/h4-7,12,18H,3,8-11H2,1-2H3. The fraction of sp³-hybridized carbons (Fsp3) is 0.450. The Hall–Kier alpha value is -1.83. The number of carbonyl (C=O) groups excluding carboxylic acids is 1. The van der Waals surface area contributed by atoms with Gasteiger partial charge in [-0.2, -0.15) is 0 Å². The summed E-state index contributed by atoms with van der Waals surface area (Å²) >= 11 is 0. The molecule has 22 heavy (non-hydrogen) atoms. The van der Waals surface area contributed by atoms with Crippen LogP contribution >= 0.6 is 0 Å². The number of ketones is 1. The van der Waals surface area contributed by atoms with Crippen molar-refractivity contribution in [2.45, 2.75) is 44.9 Å². The maximum Gasteiger partial charge on any atom is 0.139 e. The summed E-state index contributed by atoms with van der Waals surface area (Å²) in [5, 5.41) is 2.58. The zero-order valence-electron chi connectivity index (χ0n) is 13.3. The van der Waals surface area contributed by atoms with Crippen molar-refractivity contribution in [3.8, 4) is 5.75 Å². The van der Waals surface area contributed by atoms with Crippen molar-refractivity contribution in [1.82, 2.24) is 0 Å². The highest BCUT2D eigenvalue weighted by atomic mass is 16.5. The molecule has 1 fully saturated rings. The molecule has 4 rings (SSSR count). The average Bonchev–Trinajstić information content (AvgIpc) is 2.91. The second-order valence-corrected chi connectivity index (χ2v) is 6.74. The van der Waals surface area contributed by atoms with Gasteiger partial charge in [0.25, 0.3) is 0 Å². The molecule has 2 nitrogen and oxygen atoms in total. The number of rotatable bonds is 2. The number of fused-ring (bicyclic) bond motifs is 5. The maximum absolute atomic E-state index is 12.5. The summed E-state index contributed by atoms with van der Waals surface area (Å²) in [4.78, 5) is 12.5. The van der Waals surface area contributed by atoms with Gasteiger partial charge in [-0.25, -0.2) is 0 Å². The number of benzene rings is 2. The predicted octanol–water partition coefficient (Wildman–Crippen LogP) is 4.64. The van der Waals surface area contributed by atoms with E-state index in [1.54, 1.807) is 7.11 Å². The molecule has 0 saturated heterocycles. The van der Waals surface area contributed by atoms with E-state index in [-0.39, 0.29) is 5.41 Å². The molecule has 2 aliphatic carbocycles. The van der Waals surface area contributed by atoms with Crippen LogP contribution in [0, 0.1) is 5.41 Å². The van der Waals surface area contributed by atoms with Crippen LogP contribution in [0.4, 0.5) is 0 Å². The Bertz CT molecular complexity index is 762. The number of Topliss-reactive ketones (excluding diaryl/α,β-unsaturated/α-hetero) is 1. The van der Waals surface area contributed by atoms with Gasteiger partial charge in [-0.3, -0.25) is 4.79 Å². The van der Waals surface area contributed by atoms with Gasteiger partial charge in [-0.05, 0) is 65.6 Å². The van der Waals surface area contributed by atoms with Crippen molar-refractivity contribution in [1.29, 1.82) is 0 Å². The number of ether oxygens (including phenoxy) is 1. The smallest absolute Gasteiger partial charge is 0.139 e. The molecule has 114 valence electrons.